The van der Waals surface area contributed by atoms with Crippen LogP contribution in [0.3, 0.4) is 0 Å². The summed E-state index contributed by atoms with van der Waals surface area (Å²) in [6.45, 7) is 1.77. The van der Waals surface area contributed by atoms with Gasteiger partial charge in [-0.15, -0.1) is 0 Å². The van der Waals surface area contributed by atoms with Crippen LogP contribution in [0.15, 0.2) is 30.5 Å². The molecule has 2 aromatic rings. The molecule has 2 nitrogen and oxygen atoms in total. The first-order valence-electron chi connectivity index (χ1n) is 4.03. The van der Waals surface area contributed by atoms with Crippen LogP contribution < -0.4 is 0 Å². The second kappa shape index (κ2) is 2.64. The van der Waals surface area contributed by atoms with Crippen molar-refractivity contribution in [3.8, 4) is 0 Å². The van der Waals surface area contributed by atoms with Gasteiger partial charge in [0.15, 0.2) is 0 Å². The zero-order chi connectivity index (χ0) is 8.55. The van der Waals surface area contributed by atoms with Crippen LogP contribution in [0.2, 0.25) is 0 Å². The van der Waals surface area contributed by atoms with Gasteiger partial charge in [-0.25, -0.2) is 0 Å². The third-order valence-electron chi connectivity index (χ3n) is 2.07. The van der Waals surface area contributed by atoms with Crippen molar-refractivity contribution in [3.63, 3.8) is 0 Å². The van der Waals surface area contributed by atoms with E-state index in [1.54, 1.807) is 6.92 Å². The fraction of sp³-hybridized carbons (Fsp3) is 0.200. The number of aliphatic hydroxyl groups excluding tert-OH is 1. The molecular formula is C10H11NO. The molecule has 0 unspecified atom stereocenters. The molecule has 0 aliphatic rings. The topological polar surface area (TPSA) is 36.0 Å². The third kappa shape index (κ3) is 1.01. The maximum absolute atomic E-state index is 9.42. The van der Waals surface area contributed by atoms with E-state index in [1.165, 1.54) is 0 Å². The second-order valence-electron chi connectivity index (χ2n) is 2.97. The fourth-order valence-corrected chi connectivity index (χ4v) is 1.46. The van der Waals surface area contributed by atoms with Crippen LogP contribution in [-0.4, -0.2) is 10.1 Å². The Kier molecular flexibility index (Phi) is 1.62. The van der Waals surface area contributed by atoms with Crippen molar-refractivity contribution in [2.75, 3.05) is 0 Å². The molecule has 0 spiro atoms. The van der Waals surface area contributed by atoms with Crippen molar-refractivity contribution in [1.29, 1.82) is 0 Å². The van der Waals surface area contributed by atoms with Crippen LogP contribution in [-0.2, 0) is 0 Å². The van der Waals surface area contributed by atoms with E-state index in [2.05, 4.69) is 4.98 Å². The molecule has 0 aliphatic carbocycles. The number of aromatic nitrogens is 1. The molecule has 12 heavy (non-hydrogen) atoms. The monoisotopic (exact) mass is 161 g/mol. The normalized spacial score (nSPS) is 13.5. The molecule has 2 heteroatoms. The van der Waals surface area contributed by atoms with Gasteiger partial charge in [0.1, 0.15) is 0 Å². The van der Waals surface area contributed by atoms with E-state index >= 15 is 0 Å². The smallest absolute Gasteiger partial charge is 0.0782 e. The molecule has 1 aromatic carbocycles. The van der Waals surface area contributed by atoms with E-state index in [4.69, 9.17) is 0 Å². The Morgan fingerprint density at radius 2 is 2.17 bits per heavy atom. The van der Waals surface area contributed by atoms with Crippen LogP contribution in [0, 0.1) is 0 Å². The summed E-state index contributed by atoms with van der Waals surface area (Å²) in [5.74, 6) is 0. The number of hydrogen-bond acceptors (Lipinski definition) is 1. The molecule has 2 N–H and O–H groups in total. The van der Waals surface area contributed by atoms with Crippen molar-refractivity contribution in [2.45, 2.75) is 13.0 Å². The Morgan fingerprint density at radius 3 is 2.92 bits per heavy atom. The lowest BCUT2D eigenvalue weighted by Gasteiger charge is -2.04. The van der Waals surface area contributed by atoms with E-state index in [0.717, 1.165) is 16.5 Å². The summed E-state index contributed by atoms with van der Waals surface area (Å²) in [4.78, 5) is 3.11. The number of para-hydroxylation sites is 1. The number of benzene rings is 1. The van der Waals surface area contributed by atoms with Gasteiger partial charge in [-0.05, 0) is 18.4 Å². The summed E-state index contributed by atoms with van der Waals surface area (Å²) in [5, 5.41) is 10.6. The zero-order valence-corrected chi connectivity index (χ0v) is 6.91. The SMILES string of the molecule is C[C@@H](O)c1cccc2cc[nH]c12. The van der Waals surface area contributed by atoms with Gasteiger partial charge in [0.2, 0.25) is 0 Å². The maximum atomic E-state index is 9.42. The lowest BCUT2D eigenvalue weighted by molar-refractivity contribution is 0.200. The van der Waals surface area contributed by atoms with Crippen molar-refractivity contribution >= 4 is 10.9 Å². The fourth-order valence-electron chi connectivity index (χ4n) is 1.46. The average molecular weight is 161 g/mol. The lowest BCUT2D eigenvalue weighted by atomic mass is 10.1. The number of aliphatic hydroxyl groups is 1. The number of H-pyrrole nitrogens is 1. The standard InChI is InChI=1S/C10H11NO/c1-7(12)9-4-2-3-8-5-6-11-10(8)9/h2-7,11-12H,1H3/t7-/m1/s1. The molecule has 2 rings (SSSR count). The Labute approximate surface area is 70.8 Å². The summed E-state index contributed by atoms with van der Waals surface area (Å²) < 4.78 is 0. The summed E-state index contributed by atoms with van der Waals surface area (Å²) in [6, 6.07) is 7.92. The Bertz CT molecular complexity index is 389. The van der Waals surface area contributed by atoms with Crippen LogP contribution in [0.5, 0.6) is 0 Å². The molecule has 0 fully saturated rings. The summed E-state index contributed by atoms with van der Waals surface area (Å²) in [6.07, 6.45) is 1.48. The van der Waals surface area contributed by atoms with Gasteiger partial charge in [0.25, 0.3) is 0 Å². The molecule has 0 amide bonds. The van der Waals surface area contributed by atoms with E-state index < -0.39 is 6.10 Å². The molecule has 1 aromatic heterocycles. The molecule has 0 aliphatic heterocycles. The Balaban J connectivity index is 2.73. The number of fused-ring (bicyclic) bond motifs is 1. The van der Waals surface area contributed by atoms with Gasteiger partial charge in [-0.2, -0.15) is 0 Å². The molecule has 1 atom stereocenters. The minimum absolute atomic E-state index is 0.410. The zero-order valence-electron chi connectivity index (χ0n) is 6.91. The summed E-state index contributed by atoms with van der Waals surface area (Å²) in [5.41, 5.74) is 1.99. The number of rotatable bonds is 1. The summed E-state index contributed by atoms with van der Waals surface area (Å²) in [7, 11) is 0. The van der Waals surface area contributed by atoms with E-state index in [9.17, 15) is 5.11 Å². The maximum Gasteiger partial charge on any atom is 0.0782 e. The minimum Gasteiger partial charge on any atom is -0.389 e. The highest BCUT2D eigenvalue weighted by Gasteiger charge is 2.05. The highest BCUT2D eigenvalue weighted by molar-refractivity contribution is 5.82. The third-order valence-corrected chi connectivity index (χ3v) is 2.07. The first-order valence-corrected chi connectivity index (χ1v) is 4.03. The van der Waals surface area contributed by atoms with Crippen molar-refractivity contribution in [3.05, 3.63) is 36.0 Å². The van der Waals surface area contributed by atoms with Crippen molar-refractivity contribution in [2.24, 2.45) is 0 Å². The van der Waals surface area contributed by atoms with Crippen molar-refractivity contribution in [1.82, 2.24) is 4.98 Å². The van der Waals surface area contributed by atoms with Crippen LogP contribution in [0.25, 0.3) is 10.9 Å². The lowest BCUT2D eigenvalue weighted by Crippen LogP contribution is -1.91. The van der Waals surface area contributed by atoms with Gasteiger partial charge in [-0.3, -0.25) is 0 Å². The highest BCUT2D eigenvalue weighted by Crippen LogP contribution is 2.22. The van der Waals surface area contributed by atoms with E-state index in [1.807, 2.05) is 30.5 Å². The molecule has 0 bridgehead atoms. The van der Waals surface area contributed by atoms with Crippen LogP contribution in [0.4, 0.5) is 0 Å². The van der Waals surface area contributed by atoms with Gasteiger partial charge in [0, 0.05) is 11.8 Å². The number of aromatic amines is 1. The van der Waals surface area contributed by atoms with E-state index in [-0.39, 0.29) is 0 Å². The molecular weight excluding hydrogens is 150 g/mol. The largest absolute Gasteiger partial charge is 0.389 e. The van der Waals surface area contributed by atoms with Gasteiger partial charge >= 0.3 is 0 Å². The molecule has 0 saturated heterocycles. The first-order chi connectivity index (χ1) is 5.79. The predicted molar refractivity (Wildman–Crippen MR) is 48.9 cm³/mol. The van der Waals surface area contributed by atoms with Gasteiger partial charge in [0.05, 0.1) is 11.6 Å². The highest BCUT2D eigenvalue weighted by atomic mass is 16.3. The van der Waals surface area contributed by atoms with E-state index in [0.29, 0.717) is 0 Å². The first kappa shape index (κ1) is 7.37. The quantitative estimate of drug-likeness (QED) is 0.661. The number of hydrogen-bond donors (Lipinski definition) is 2. The van der Waals surface area contributed by atoms with Gasteiger partial charge in [-0.1, -0.05) is 18.2 Å². The average Bonchev–Trinajstić information content (AvgIpc) is 2.49. The van der Waals surface area contributed by atoms with Gasteiger partial charge < -0.3 is 10.1 Å². The van der Waals surface area contributed by atoms with Crippen molar-refractivity contribution < 1.29 is 5.11 Å². The summed E-state index contributed by atoms with van der Waals surface area (Å²) >= 11 is 0. The van der Waals surface area contributed by atoms with Crippen LogP contribution in [0.1, 0.15) is 18.6 Å². The Hall–Kier alpha value is -1.28. The van der Waals surface area contributed by atoms with Crippen LogP contribution >= 0.6 is 0 Å². The molecule has 0 radical (unpaired) electrons. The predicted octanol–water partition coefficient (Wildman–Crippen LogP) is 2.22. The molecule has 0 saturated carbocycles. The molecule has 1 heterocycles. The molecule has 62 valence electrons. The Morgan fingerprint density at radius 1 is 1.33 bits per heavy atom. The minimum atomic E-state index is -0.410. The number of nitrogens with one attached hydrogen (secondary N) is 1. The second-order valence-corrected chi connectivity index (χ2v) is 2.97.